The smallest absolute Gasteiger partial charge is 0.326 e. The van der Waals surface area contributed by atoms with Crippen LogP contribution in [0.5, 0.6) is 5.75 Å². The average Bonchev–Trinajstić information content (AvgIpc) is 2.84. The molecule has 4 heteroatoms. The van der Waals surface area contributed by atoms with Gasteiger partial charge in [0.2, 0.25) is 0 Å². The zero-order valence-electron chi connectivity index (χ0n) is 13.1. The molecule has 2 rings (SSSR count). The summed E-state index contributed by atoms with van der Waals surface area (Å²) in [4.78, 5) is 12.3. The summed E-state index contributed by atoms with van der Waals surface area (Å²) >= 11 is 0. The second-order valence-corrected chi connectivity index (χ2v) is 5.63. The Balaban J connectivity index is 2.04. The molecule has 0 saturated heterocycles. The van der Waals surface area contributed by atoms with Crippen LogP contribution >= 0.6 is 0 Å². The lowest BCUT2D eigenvalue weighted by molar-refractivity contribution is -0.151. The summed E-state index contributed by atoms with van der Waals surface area (Å²) in [5.74, 6) is 0.721. The maximum absolute atomic E-state index is 12.3. The number of benzene rings is 1. The van der Waals surface area contributed by atoms with E-state index in [1.54, 1.807) is 0 Å². The van der Waals surface area contributed by atoms with Crippen LogP contribution in [-0.4, -0.2) is 30.8 Å². The van der Waals surface area contributed by atoms with E-state index in [1.807, 2.05) is 45.0 Å². The number of ether oxygens (including phenoxy) is 2. The van der Waals surface area contributed by atoms with Crippen LogP contribution in [0.15, 0.2) is 24.3 Å². The minimum Gasteiger partial charge on any atom is -0.490 e. The summed E-state index contributed by atoms with van der Waals surface area (Å²) in [5, 5.41) is 3.32. The van der Waals surface area contributed by atoms with Gasteiger partial charge < -0.3 is 14.8 Å². The van der Waals surface area contributed by atoms with Gasteiger partial charge in [-0.05, 0) is 50.9 Å². The number of hydrogen-bond acceptors (Lipinski definition) is 4. The Bertz CT molecular complexity index is 489. The van der Waals surface area contributed by atoms with Gasteiger partial charge in [0, 0.05) is 6.42 Å². The molecule has 1 aromatic rings. The molecule has 0 aromatic heterocycles. The van der Waals surface area contributed by atoms with E-state index in [-0.39, 0.29) is 12.1 Å². The molecule has 2 unspecified atom stereocenters. The van der Waals surface area contributed by atoms with Crippen LogP contribution in [0.1, 0.15) is 38.7 Å². The number of carbonyl (C=O) groups is 1. The Labute approximate surface area is 126 Å². The zero-order chi connectivity index (χ0) is 15.3. The van der Waals surface area contributed by atoms with Crippen molar-refractivity contribution in [3.05, 3.63) is 29.8 Å². The van der Waals surface area contributed by atoms with E-state index in [1.165, 1.54) is 5.56 Å². The molecule has 0 heterocycles. The fourth-order valence-electron chi connectivity index (χ4n) is 3.01. The van der Waals surface area contributed by atoms with Crippen molar-refractivity contribution in [2.75, 3.05) is 13.2 Å². The van der Waals surface area contributed by atoms with E-state index in [4.69, 9.17) is 9.47 Å². The highest BCUT2D eigenvalue weighted by Crippen LogP contribution is 2.34. The first kappa shape index (κ1) is 15.8. The van der Waals surface area contributed by atoms with E-state index in [9.17, 15) is 4.79 Å². The molecule has 116 valence electrons. The molecule has 1 aliphatic rings. The molecule has 21 heavy (non-hydrogen) atoms. The molecule has 0 amide bonds. The lowest BCUT2D eigenvalue weighted by Gasteiger charge is -2.27. The van der Waals surface area contributed by atoms with Gasteiger partial charge in [-0.1, -0.05) is 19.1 Å². The van der Waals surface area contributed by atoms with Gasteiger partial charge in [0.15, 0.2) is 0 Å². The summed E-state index contributed by atoms with van der Waals surface area (Å²) < 4.78 is 11.3. The van der Waals surface area contributed by atoms with E-state index < -0.39 is 5.54 Å². The molecule has 1 aliphatic carbocycles. The third-order valence-electron chi connectivity index (χ3n) is 3.94. The van der Waals surface area contributed by atoms with E-state index in [2.05, 4.69) is 5.32 Å². The third-order valence-corrected chi connectivity index (χ3v) is 3.94. The van der Waals surface area contributed by atoms with Gasteiger partial charge in [-0.25, -0.2) is 0 Å². The summed E-state index contributed by atoms with van der Waals surface area (Å²) in [5.41, 5.74) is 0.591. The summed E-state index contributed by atoms with van der Waals surface area (Å²) in [6.07, 6.45) is 2.33. The van der Waals surface area contributed by atoms with E-state index in [0.29, 0.717) is 13.0 Å². The van der Waals surface area contributed by atoms with Crippen LogP contribution in [0.2, 0.25) is 0 Å². The molecule has 1 fully saturated rings. The standard InChI is InChI=1S/C17H25NO3/c1-4-18-17(16(19)20-5-2)10-9-15(12-17)21-14-8-6-7-13(3)11-14/h6-8,11,15,18H,4-5,9-10,12H2,1-3H3. The lowest BCUT2D eigenvalue weighted by atomic mass is 9.97. The van der Waals surface area contributed by atoms with Crippen LogP contribution < -0.4 is 10.1 Å². The van der Waals surface area contributed by atoms with Gasteiger partial charge in [-0.2, -0.15) is 0 Å². The second-order valence-electron chi connectivity index (χ2n) is 5.63. The van der Waals surface area contributed by atoms with E-state index in [0.717, 1.165) is 25.1 Å². The predicted molar refractivity (Wildman–Crippen MR) is 82.5 cm³/mol. The zero-order valence-corrected chi connectivity index (χ0v) is 13.1. The minimum atomic E-state index is -0.584. The van der Waals surface area contributed by atoms with Gasteiger partial charge in [0.05, 0.1) is 6.61 Å². The number of rotatable bonds is 6. The Morgan fingerprint density at radius 1 is 1.43 bits per heavy atom. The fraction of sp³-hybridized carbons (Fsp3) is 0.588. The first-order valence-corrected chi connectivity index (χ1v) is 7.75. The maximum atomic E-state index is 12.3. The number of likely N-dealkylation sites (N-methyl/N-ethyl adjacent to an activating group) is 1. The molecular weight excluding hydrogens is 266 g/mol. The number of carbonyl (C=O) groups excluding carboxylic acids is 1. The molecule has 0 radical (unpaired) electrons. The van der Waals surface area contributed by atoms with Gasteiger partial charge >= 0.3 is 5.97 Å². The molecule has 0 spiro atoms. The summed E-state index contributed by atoms with van der Waals surface area (Å²) in [7, 11) is 0. The Hall–Kier alpha value is -1.55. The number of hydrogen-bond donors (Lipinski definition) is 1. The summed E-state index contributed by atoms with van der Waals surface area (Å²) in [6, 6.07) is 8.02. The molecule has 0 aliphatic heterocycles. The summed E-state index contributed by atoms with van der Waals surface area (Å²) in [6.45, 7) is 7.05. The normalized spacial score (nSPS) is 24.8. The van der Waals surface area contributed by atoms with Crippen LogP contribution in [0.4, 0.5) is 0 Å². The van der Waals surface area contributed by atoms with Crippen molar-refractivity contribution in [1.29, 1.82) is 0 Å². The number of esters is 1. The number of nitrogens with one attached hydrogen (secondary N) is 1. The van der Waals surface area contributed by atoms with Crippen molar-refractivity contribution >= 4 is 5.97 Å². The average molecular weight is 291 g/mol. The highest BCUT2D eigenvalue weighted by Gasteiger charge is 2.46. The monoisotopic (exact) mass is 291 g/mol. The largest absolute Gasteiger partial charge is 0.490 e. The van der Waals surface area contributed by atoms with Crippen LogP contribution in [-0.2, 0) is 9.53 Å². The van der Waals surface area contributed by atoms with E-state index >= 15 is 0 Å². The van der Waals surface area contributed by atoms with Crippen molar-refractivity contribution in [3.63, 3.8) is 0 Å². The molecule has 1 saturated carbocycles. The van der Waals surface area contributed by atoms with Crippen molar-refractivity contribution in [2.45, 2.75) is 51.7 Å². The quantitative estimate of drug-likeness (QED) is 0.819. The third kappa shape index (κ3) is 3.76. The van der Waals surface area contributed by atoms with Crippen molar-refractivity contribution < 1.29 is 14.3 Å². The van der Waals surface area contributed by atoms with Crippen molar-refractivity contribution in [3.8, 4) is 5.75 Å². The van der Waals surface area contributed by atoms with Crippen molar-refractivity contribution in [1.82, 2.24) is 5.32 Å². The van der Waals surface area contributed by atoms with Crippen LogP contribution in [0.25, 0.3) is 0 Å². The fourth-order valence-corrected chi connectivity index (χ4v) is 3.01. The SMILES string of the molecule is CCNC1(C(=O)OCC)CCC(Oc2cccc(C)c2)C1. The highest BCUT2D eigenvalue weighted by atomic mass is 16.5. The molecule has 4 nitrogen and oxygen atoms in total. The maximum Gasteiger partial charge on any atom is 0.326 e. The lowest BCUT2D eigenvalue weighted by Crippen LogP contribution is -2.51. The van der Waals surface area contributed by atoms with Crippen LogP contribution in [0, 0.1) is 6.92 Å². The van der Waals surface area contributed by atoms with Gasteiger partial charge in [-0.15, -0.1) is 0 Å². The van der Waals surface area contributed by atoms with Gasteiger partial charge in [-0.3, -0.25) is 4.79 Å². The highest BCUT2D eigenvalue weighted by molar-refractivity contribution is 5.81. The Morgan fingerprint density at radius 2 is 2.24 bits per heavy atom. The second kappa shape index (κ2) is 6.94. The first-order valence-electron chi connectivity index (χ1n) is 7.75. The van der Waals surface area contributed by atoms with Gasteiger partial charge in [0.1, 0.15) is 17.4 Å². The Morgan fingerprint density at radius 3 is 2.90 bits per heavy atom. The van der Waals surface area contributed by atoms with Gasteiger partial charge in [0.25, 0.3) is 0 Å². The molecule has 1 N–H and O–H groups in total. The van der Waals surface area contributed by atoms with Crippen molar-refractivity contribution in [2.24, 2.45) is 0 Å². The predicted octanol–water partition coefficient (Wildman–Crippen LogP) is 2.84. The Kier molecular flexibility index (Phi) is 5.23. The minimum absolute atomic E-state index is 0.0512. The topological polar surface area (TPSA) is 47.6 Å². The molecule has 1 aromatic carbocycles. The molecular formula is C17H25NO3. The molecule has 0 bridgehead atoms. The van der Waals surface area contributed by atoms with Crippen LogP contribution in [0.3, 0.4) is 0 Å². The first-order chi connectivity index (χ1) is 10.1. The molecule has 2 atom stereocenters. The number of aryl methyl sites for hydroxylation is 1.